The quantitative estimate of drug-likeness (QED) is 0.347. The average molecular weight is 221 g/mol. The highest BCUT2D eigenvalue weighted by molar-refractivity contribution is 5.81. The van der Waals surface area contributed by atoms with E-state index in [0.29, 0.717) is 29.9 Å². The summed E-state index contributed by atoms with van der Waals surface area (Å²) in [7, 11) is 0. The second-order valence-corrected chi connectivity index (χ2v) is 3.20. The van der Waals surface area contributed by atoms with Crippen molar-refractivity contribution in [1.29, 1.82) is 0 Å². The number of nitrogens with zero attached hydrogens (tertiary/aromatic N) is 1. The molecule has 2 N–H and O–H groups in total. The summed E-state index contributed by atoms with van der Waals surface area (Å²) in [5.41, 5.74) is 1.36. The zero-order valence-corrected chi connectivity index (χ0v) is 9.18. The Morgan fingerprint density at radius 2 is 2.25 bits per heavy atom. The van der Waals surface area contributed by atoms with Crippen molar-refractivity contribution in [1.82, 2.24) is 0 Å². The minimum absolute atomic E-state index is 0.108. The molecule has 0 radical (unpaired) electrons. The van der Waals surface area contributed by atoms with Crippen molar-refractivity contribution in [2.24, 2.45) is 5.16 Å². The van der Waals surface area contributed by atoms with Gasteiger partial charge in [0, 0.05) is 11.1 Å². The lowest BCUT2D eigenvalue weighted by Crippen LogP contribution is -1.96. The Kier molecular flexibility index (Phi) is 4.39. The molecule has 0 aliphatic rings. The molecule has 0 unspecified atom stereocenters. The van der Waals surface area contributed by atoms with Gasteiger partial charge in [-0.15, -0.1) is 6.58 Å². The smallest absolute Gasteiger partial charge is 0.161 e. The Morgan fingerprint density at radius 1 is 1.50 bits per heavy atom. The lowest BCUT2D eigenvalue weighted by Gasteiger charge is -2.10. The maximum atomic E-state index is 9.86. The Labute approximate surface area is 94.5 Å². The van der Waals surface area contributed by atoms with Crippen LogP contribution in [0.15, 0.2) is 29.9 Å². The molecule has 0 saturated carbocycles. The summed E-state index contributed by atoms with van der Waals surface area (Å²) in [6.45, 7) is 5.91. The van der Waals surface area contributed by atoms with E-state index < -0.39 is 0 Å². The van der Waals surface area contributed by atoms with Crippen LogP contribution in [0.1, 0.15) is 18.1 Å². The van der Waals surface area contributed by atoms with Gasteiger partial charge in [-0.2, -0.15) is 0 Å². The van der Waals surface area contributed by atoms with E-state index in [9.17, 15) is 5.11 Å². The number of allylic oxidation sites excluding steroid dienone is 1. The lowest BCUT2D eigenvalue weighted by atomic mass is 10.1. The third kappa shape index (κ3) is 2.76. The summed E-state index contributed by atoms with van der Waals surface area (Å²) in [6.07, 6.45) is 3.50. The van der Waals surface area contributed by atoms with E-state index in [4.69, 9.17) is 9.94 Å². The van der Waals surface area contributed by atoms with Gasteiger partial charge in [0.05, 0.1) is 12.8 Å². The minimum atomic E-state index is 0.108. The topological polar surface area (TPSA) is 62.1 Å². The highest BCUT2D eigenvalue weighted by atomic mass is 16.5. The fourth-order valence-corrected chi connectivity index (χ4v) is 1.41. The second-order valence-electron chi connectivity index (χ2n) is 3.20. The van der Waals surface area contributed by atoms with Crippen molar-refractivity contribution in [3.8, 4) is 11.5 Å². The molecule has 4 nitrogen and oxygen atoms in total. The van der Waals surface area contributed by atoms with E-state index in [1.165, 1.54) is 6.21 Å². The van der Waals surface area contributed by atoms with Gasteiger partial charge in [-0.05, 0) is 25.5 Å². The van der Waals surface area contributed by atoms with Gasteiger partial charge in [0.25, 0.3) is 0 Å². The molecule has 86 valence electrons. The predicted molar refractivity (Wildman–Crippen MR) is 62.6 cm³/mol. The zero-order chi connectivity index (χ0) is 12.0. The lowest BCUT2D eigenvalue weighted by molar-refractivity contribution is 0.316. The molecule has 0 spiro atoms. The van der Waals surface area contributed by atoms with Gasteiger partial charge in [0.2, 0.25) is 0 Å². The van der Waals surface area contributed by atoms with Crippen LogP contribution in [0.2, 0.25) is 0 Å². The summed E-state index contributed by atoms with van der Waals surface area (Å²) in [6, 6.07) is 3.34. The maximum absolute atomic E-state index is 9.86. The van der Waals surface area contributed by atoms with Crippen LogP contribution in [0.4, 0.5) is 0 Å². The monoisotopic (exact) mass is 221 g/mol. The van der Waals surface area contributed by atoms with E-state index in [2.05, 4.69) is 11.7 Å². The van der Waals surface area contributed by atoms with Gasteiger partial charge in [-0.3, -0.25) is 0 Å². The Morgan fingerprint density at radius 3 is 2.81 bits per heavy atom. The number of aromatic hydroxyl groups is 1. The molecule has 1 rings (SSSR count). The van der Waals surface area contributed by atoms with E-state index in [-0.39, 0.29) is 5.75 Å². The third-order valence-corrected chi connectivity index (χ3v) is 2.05. The van der Waals surface area contributed by atoms with Crippen molar-refractivity contribution in [3.63, 3.8) is 0 Å². The maximum Gasteiger partial charge on any atom is 0.161 e. The highest BCUT2D eigenvalue weighted by Crippen LogP contribution is 2.31. The molecule has 0 saturated heterocycles. The van der Waals surface area contributed by atoms with E-state index in [1.54, 1.807) is 18.2 Å². The number of phenolic OH excluding ortho intramolecular Hbond substituents is 1. The summed E-state index contributed by atoms with van der Waals surface area (Å²) in [4.78, 5) is 0. The van der Waals surface area contributed by atoms with Crippen molar-refractivity contribution in [2.45, 2.75) is 13.3 Å². The van der Waals surface area contributed by atoms with Crippen LogP contribution >= 0.6 is 0 Å². The minimum Gasteiger partial charge on any atom is -0.504 e. The molecule has 1 aromatic rings. The number of hydrogen-bond donors (Lipinski definition) is 2. The van der Waals surface area contributed by atoms with E-state index in [0.717, 1.165) is 0 Å². The summed E-state index contributed by atoms with van der Waals surface area (Å²) < 4.78 is 5.28. The van der Waals surface area contributed by atoms with Crippen LogP contribution < -0.4 is 4.74 Å². The first-order chi connectivity index (χ1) is 7.72. The number of benzene rings is 1. The average Bonchev–Trinajstić information content (AvgIpc) is 2.26. The van der Waals surface area contributed by atoms with Crippen molar-refractivity contribution in [2.75, 3.05) is 6.61 Å². The molecule has 0 amide bonds. The fourth-order valence-electron chi connectivity index (χ4n) is 1.41. The molecule has 0 bridgehead atoms. The first kappa shape index (κ1) is 12.1. The fraction of sp³-hybridized carbons (Fsp3) is 0.250. The molecule has 0 heterocycles. The van der Waals surface area contributed by atoms with Gasteiger partial charge in [-0.1, -0.05) is 11.2 Å². The van der Waals surface area contributed by atoms with Crippen LogP contribution in [0.3, 0.4) is 0 Å². The van der Waals surface area contributed by atoms with Gasteiger partial charge >= 0.3 is 0 Å². The normalized spacial score (nSPS) is 10.6. The van der Waals surface area contributed by atoms with Gasteiger partial charge in [0.1, 0.15) is 0 Å². The van der Waals surface area contributed by atoms with Crippen molar-refractivity contribution >= 4 is 6.21 Å². The molecule has 16 heavy (non-hydrogen) atoms. The molecule has 0 atom stereocenters. The van der Waals surface area contributed by atoms with Crippen LogP contribution in [0.25, 0.3) is 0 Å². The second kappa shape index (κ2) is 5.80. The summed E-state index contributed by atoms with van der Waals surface area (Å²) in [5.74, 6) is 0.494. The summed E-state index contributed by atoms with van der Waals surface area (Å²) >= 11 is 0. The van der Waals surface area contributed by atoms with Gasteiger partial charge < -0.3 is 15.1 Å². The molecule has 0 fully saturated rings. The number of oxime groups is 1. The van der Waals surface area contributed by atoms with Crippen LogP contribution in [-0.4, -0.2) is 23.1 Å². The Balaban J connectivity index is 3.20. The number of hydrogen-bond acceptors (Lipinski definition) is 4. The molecular formula is C12H15NO3. The van der Waals surface area contributed by atoms with Gasteiger partial charge in [-0.25, -0.2) is 0 Å². The SMILES string of the molecule is C=CCc1cc(C=NO)cc(OCC)c1O. The largest absolute Gasteiger partial charge is 0.504 e. The Bertz CT molecular complexity index is 399. The van der Waals surface area contributed by atoms with Crippen molar-refractivity contribution < 1.29 is 15.1 Å². The zero-order valence-electron chi connectivity index (χ0n) is 9.18. The molecule has 0 aliphatic heterocycles. The third-order valence-electron chi connectivity index (χ3n) is 2.05. The summed E-state index contributed by atoms with van der Waals surface area (Å²) in [5, 5.41) is 21.3. The van der Waals surface area contributed by atoms with Crippen LogP contribution in [0.5, 0.6) is 11.5 Å². The number of rotatable bonds is 5. The van der Waals surface area contributed by atoms with Crippen LogP contribution in [-0.2, 0) is 6.42 Å². The van der Waals surface area contributed by atoms with Gasteiger partial charge in [0.15, 0.2) is 11.5 Å². The van der Waals surface area contributed by atoms with Crippen molar-refractivity contribution in [3.05, 3.63) is 35.9 Å². The number of phenols is 1. The first-order valence-corrected chi connectivity index (χ1v) is 5.00. The van der Waals surface area contributed by atoms with E-state index in [1.807, 2.05) is 6.92 Å². The number of ether oxygens (including phenoxy) is 1. The molecule has 4 heteroatoms. The molecule has 0 aliphatic carbocycles. The highest BCUT2D eigenvalue weighted by Gasteiger charge is 2.09. The first-order valence-electron chi connectivity index (χ1n) is 5.00. The standard InChI is InChI=1S/C12H15NO3/c1-3-5-10-6-9(8-13-15)7-11(12(10)14)16-4-2/h3,6-8,14-15H,1,4-5H2,2H3. The van der Waals surface area contributed by atoms with E-state index >= 15 is 0 Å². The Hall–Kier alpha value is -1.97. The molecular weight excluding hydrogens is 206 g/mol. The predicted octanol–water partition coefficient (Wildman–Crippen LogP) is 2.33. The van der Waals surface area contributed by atoms with Crippen LogP contribution in [0, 0.1) is 0 Å². The molecule has 1 aromatic carbocycles. The molecule has 0 aromatic heterocycles.